The van der Waals surface area contributed by atoms with Crippen LogP contribution in [0, 0.1) is 17.2 Å². The summed E-state index contributed by atoms with van der Waals surface area (Å²) >= 11 is 5.92. The van der Waals surface area contributed by atoms with Gasteiger partial charge in [-0.1, -0.05) is 37.6 Å². The Kier molecular flexibility index (Phi) is 6.83. The predicted molar refractivity (Wildman–Crippen MR) is 100 cm³/mol. The number of halogens is 1. The van der Waals surface area contributed by atoms with Crippen molar-refractivity contribution in [3.63, 3.8) is 0 Å². The van der Waals surface area contributed by atoms with Crippen LogP contribution >= 0.6 is 11.6 Å². The van der Waals surface area contributed by atoms with Crippen LogP contribution in [0.15, 0.2) is 24.3 Å². The molecule has 1 saturated heterocycles. The van der Waals surface area contributed by atoms with Crippen LogP contribution in [0.2, 0.25) is 5.02 Å². The highest BCUT2D eigenvalue weighted by Crippen LogP contribution is 2.15. The minimum atomic E-state index is -0.812. The van der Waals surface area contributed by atoms with Gasteiger partial charge in [0.25, 0.3) is 0 Å². The lowest BCUT2D eigenvalue weighted by atomic mass is 9.90. The molecule has 0 aliphatic carbocycles. The fourth-order valence-electron chi connectivity index (χ4n) is 2.79. The van der Waals surface area contributed by atoms with E-state index in [1.807, 2.05) is 26.0 Å². The van der Waals surface area contributed by atoms with E-state index in [1.165, 1.54) is 5.56 Å². The van der Waals surface area contributed by atoms with Gasteiger partial charge in [0.15, 0.2) is 0 Å². The third kappa shape index (κ3) is 5.71. The second-order valence-electron chi connectivity index (χ2n) is 7.20. The van der Waals surface area contributed by atoms with Gasteiger partial charge in [0.1, 0.15) is 5.54 Å². The highest BCUT2D eigenvalue weighted by Gasteiger charge is 2.30. The fourth-order valence-corrected chi connectivity index (χ4v) is 2.91. The molecule has 0 aromatic heterocycles. The molecule has 1 amide bonds. The van der Waals surface area contributed by atoms with Gasteiger partial charge in [0, 0.05) is 37.7 Å². The van der Waals surface area contributed by atoms with E-state index in [2.05, 4.69) is 33.3 Å². The molecule has 1 fully saturated rings. The first-order chi connectivity index (χ1) is 11.8. The maximum atomic E-state index is 12.3. The van der Waals surface area contributed by atoms with Gasteiger partial charge in [-0.3, -0.25) is 14.6 Å². The second kappa shape index (κ2) is 8.66. The molecule has 1 aromatic carbocycles. The summed E-state index contributed by atoms with van der Waals surface area (Å²) in [7, 11) is 0. The maximum absolute atomic E-state index is 12.3. The Morgan fingerprint density at radius 2 is 1.80 bits per heavy atom. The van der Waals surface area contributed by atoms with Crippen LogP contribution in [-0.4, -0.2) is 54.0 Å². The van der Waals surface area contributed by atoms with Crippen molar-refractivity contribution in [2.24, 2.45) is 5.92 Å². The molecule has 136 valence electrons. The molecule has 1 aromatic rings. The van der Waals surface area contributed by atoms with Gasteiger partial charge in [-0.25, -0.2) is 0 Å². The topological polar surface area (TPSA) is 59.4 Å². The molecule has 1 atom stereocenters. The standard InChI is InChI=1S/C19H27ClN4O/c1-15(2)19(3,14-21)22-18(25)13-24-10-8-23(9-11-24)12-16-4-6-17(20)7-5-16/h4-7,15H,8-13H2,1-3H3,(H,22,25)/t19-/m1/s1. The molecule has 1 heterocycles. The van der Waals surface area contributed by atoms with Crippen molar-refractivity contribution >= 4 is 17.5 Å². The summed E-state index contributed by atoms with van der Waals surface area (Å²) < 4.78 is 0. The number of nitrogens with one attached hydrogen (secondary N) is 1. The summed E-state index contributed by atoms with van der Waals surface area (Å²) in [5.74, 6) is -0.0124. The van der Waals surface area contributed by atoms with E-state index in [1.54, 1.807) is 6.92 Å². The molecule has 2 rings (SSSR count). The van der Waals surface area contributed by atoms with Crippen LogP contribution in [0.3, 0.4) is 0 Å². The monoisotopic (exact) mass is 362 g/mol. The minimum Gasteiger partial charge on any atom is -0.337 e. The average Bonchev–Trinajstić information content (AvgIpc) is 2.58. The van der Waals surface area contributed by atoms with E-state index in [4.69, 9.17) is 11.6 Å². The number of carbonyl (C=O) groups excluding carboxylic acids is 1. The van der Waals surface area contributed by atoms with Crippen LogP contribution in [-0.2, 0) is 11.3 Å². The van der Waals surface area contributed by atoms with Crippen molar-refractivity contribution in [1.82, 2.24) is 15.1 Å². The smallest absolute Gasteiger partial charge is 0.235 e. The Morgan fingerprint density at radius 1 is 1.24 bits per heavy atom. The summed E-state index contributed by atoms with van der Waals surface area (Å²) in [6.07, 6.45) is 0. The lowest BCUT2D eigenvalue weighted by Gasteiger charge is -2.35. The van der Waals surface area contributed by atoms with E-state index in [0.717, 1.165) is 37.7 Å². The number of piperazine rings is 1. The molecule has 0 unspecified atom stereocenters. The van der Waals surface area contributed by atoms with Gasteiger partial charge >= 0.3 is 0 Å². The van der Waals surface area contributed by atoms with Crippen molar-refractivity contribution in [3.8, 4) is 6.07 Å². The Balaban J connectivity index is 1.77. The number of amides is 1. The molecule has 1 aliphatic heterocycles. The zero-order valence-electron chi connectivity index (χ0n) is 15.3. The molecule has 0 bridgehead atoms. The van der Waals surface area contributed by atoms with Crippen LogP contribution in [0.5, 0.6) is 0 Å². The number of hydrogen-bond donors (Lipinski definition) is 1. The Bertz CT molecular complexity index is 617. The molecule has 25 heavy (non-hydrogen) atoms. The van der Waals surface area contributed by atoms with E-state index in [-0.39, 0.29) is 11.8 Å². The van der Waals surface area contributed by atoms with Crippen molar-refractivity contribution in [2.45, 2.75) is 32.9 Å². The first-order valence-electron chi connectivity index (χ1n) is 8.74. The van der Waals surface area contributed by atoms with Gasteiger partial charge in [-0.15, -0.1) is 0 Å². The molecule has 0 saturated carbocycles. The summed E-state index contributed by atoms with van der Waals surface area (Å²) in [5.41, 5.74) is 0.435. The lowest BCUT2D eigenvalue weighted by molar-refractivity contribution is -0.124. The van der Waals surface area contributed by atoms with Crippen molar-refractivity contribution in [1.29, 1.82) is 5.26 Å². The van der Waals surface area contributed by atoms with Crippen LogP contribution < -0.4 is 5.32 Å². The quantitative estimate of drug-likeness (QED) is 0.844. The van der Waals surface area contributed by atoms with Crippen molar-refractivity contribution in [2.75, 3.05) is 32.7 Å². The number of rotatable bonds is 6. The first kappa shape index (κ1) is 19.7. The molecular weight excluding hydrogens is 336 g/mol. The highest BCUT2D eigenvalue weighted by atomic mass is 35.5. The third-order valence-corrected chi connectivity index (χ3v) is 5.19. The van der Waals surface area contributed by atoms with Gasteiger partial charge < -0.3 is 5.32 Å². The summed E-state index contributed by atoms with van der Waals surface area (Å²) in [6.45, 7) is 10.5. The van der Waals surface area contributed by atoms with Gasteiger partial charge in [-0.2, -0.15) is 5.26 Å². The van der Waals surface area contributed by atoms with Crippen molar-refractivity contribution in [3.05, 3.63) is 34.9 Å². The fraction of sp³-hybridized carbons (Fsp3) is 0.579. The number of benzene rings is 1. The molecule has 0 radical (unpaired) electrons. The Hall–Kier alpha value is -1.61. The first-order valence-corrected chi connectivity index (χ1v) is 9.11. The molecule has 6 heteroatoms. The lowest BCUT2D eigenvalue weighted by Crippen LogP contribution is -2.54. The van der Waals surface area contributed by atoms with E-state index >= 15 is 0 Å². The summed E-state index contributed by atoms with van der Waals surface area (Å²) in [5, 5.41) is 12.9. The maximum Gasteiger partial charge on any atom is 0.235 e. The second-order valence-corrected chi connectivity index (χ2v) is 7.63. The Labute approximate surface area is 155 Å². The number of hydrogen-bond acceptors (Lipinski definition) is 4. The molecule has 0 spiro atoms. The zero-order chi connectivity index (χ0) is 18.4. The molecule has 1 aliphatic rings. The van der Waals surface area contributed by atoms with Crippen LogP contribution in [0.1, 0.15) is 26.3 Å². The Morgan fingerprint density at radius 3 is 2.32 bits per heavy atom. The SMILES string of the molecule is CC(C)[C@@](C)(C#N)NC(=O)CN1CCN(Cc2ccc(Cl)cc2)CC1. The predicted octanol–water partition coefficient (Wildman–Crippen LogP) is 2.51. The molecule has 5 nitrogen and oxygen atoms in total. The van der Waals surface area contributed by atoms with Crippen LogP contribution in [0.4, 0.5) is 0 Å². The molecular formula is C19H27ClN4O. The number of carbonyl (C=O) groups is 1. The highest BCUT2D eigenvalue weighted by molar-refractivity contribution is 6.30. The third-order valence-electron chi connectivity index (χ3n) is 4.94. The zero-order valence-corrected chi connectivity index (χ0v) is 16.0. The number of nitriles is 1. The molecule has 1 N–H and O–H groups in total. The number of nitrogens with zero attached hydrogens (tertiary/aromatic N) is 3. The van der Waals surface area contributed by atoms with Gasteiger partial charge in [0.05, 0.1) is 12.6 Å². The van der Waals surface area contributed by atoms with E-state index < -0.39 is 5.54 Å². The van der Waals surface area contributed by atoms with Gasteiger partial charge in [-0.05, 0) is 30.5 Å². The van der Waals surface area contributed by atoms with E-state index in [9.17, 15) is 10.1 Å². The normalized spacial score (nSPS) is 18.6. The summed E-state index contributed by atoms with van der Waals surface area (Å²) in [6, 6.07) is 10.2. The average molecular weight is 363 g/mol. The van der Waals surface area contributed by atoms with Crippen LogP contribution in [0.25, 0.3) is 0 Å². The van der Waals surface area contributed by atoms with Crippen molar-refractivity contribution < 1.29 is 4.79 Å². The minimum absolute atomic E-state index is 0.0673. The largest absolute Gasteiger partial charge is 0.337 e. The van der Waals surface area contributed by atoms with E-state index in [0.29, 0.717) is 6.54 Å². The summed E-state index contributed by atoms with van der Waals surface area (Å²) in [4.78, 5) is 16.8. The van der Waals surface area contributed by atoms with Gasteiger partial charge in [0.2, 0.25) is 5.91 Å².